The molecular formula is C11H20N6. The number of rotatable bonds is 5. The Morgan fingerprint density at radius 1 is 1.35 bits per heavy atom. The van der Waals surface area contributed by atoms with Crippen molar-refractivity contribution in [3.63, 3.8) is 0 Å². The lowest BCUT2D eigenvalue weighted by atomic mass is 10.1. The molecule has 0 bridgehead atoms. The molecule has 1 aromatic heterocycles. The summed E-state index contributed by atoms with van der Waals surface area (Å²) in [5.41, 5.74) is 5.65. The molecule has 2 rings (SSSR count). The van der Waals surface area contributed by atoms with Crippen LogP contribution in [0.25, 0.3) is 0 Å². The second-order valence-corrected chi connectivity index (χ2v) is 4.91. The summed E-state index contributed by atoms with van der Waals surface area (Å²) >= 11 is 0. The molecule has 0 aromatic carbocycles. The normalized spacial score (nSPS) is 16.6. The topological polar surface area (TPSA) is 80.0 Å². The predicted octanol–water partition coefficient (Wildman–Crippen LogP) is 0.978. The summed E-state index contributed by atoms with van der Waals surface area (Å²) in [6.45, 7) is 3.14. The maximum Gasteiger partial charge on any atom is 0.231 e. The molecule has 0 saturated heterocycles. The third-order valence-corrected chi connectivity index (χ3v) is 3.05. The molecule has 0 aliphatic heterocycles. The minimum atomic E-state index is 0.255. The molecule has 1 aliphatic carbocycles. The summed E-state index contributed by atoms with van der Waals surface area (Å²) < 4.78 is 0. The molecule has 1 atom stereocenters. The predicted molar refractivity (Wildman–Crippen MR) is 68.9 cm³/mol. The molecule has 17 heavy (non-hydrogen) atoms. The van der Waals surface area contributed by atoms with E-state index >= 15 is 0 Å². The van der Waals surface area contributed by atoms with Gasteiger partial charge in [0.2, 0.25) is 17.8 Å². The van der Waals surface area contributed by atoms with Crippen molar-refractivity contribution in [2.24, 2.45) is 11.8 Å². The number of hydrogen-bond acceptors (Lipinski definition) is 6. The fraction of sp³-hybridized carbons (Fsp3) is 0.727. The zero-order chi connectivity index (χ0) is 12.4. The summed E-state index contributed by atoms with van der Waals surface area (Å²) in [7, 11) is 3.76. The van der Waals surface area contributed by atoms with Gasteiger partial charge in [-0.15, -0.1) is 0 Å². The number of hydrogen-bond donors (Lipinski definition) is 2. The zero-order valence-corrected chi connectivity index (χ0v) is 10.6. The number of aromatic nitrogens is 3. The maximum atomic E-state index is 5.65. The number of anilines is 3. The number of nitrogens with two attached hydrogens (primary N) is 1. The van der Waals surface area contributed by atoms with Gasteiger partial charge in [-0.25, -0.2) is 0 Å². The first-order chi connectivity index (χ1) is 8.06. The highest BCUT2D eigenvalue weighted by Crippen LogP contribution is 2.36. The van der Waals surface area contributed by atoms with E-state index in [-0.39, 0.29) is 5.95 Å². The van der Waals surface area contributed by atoms with Gasteiger partial charge in [-0.05, 0) is 24.7 Å². The van der Waals surface area contributed by atoms with Crippen LogP contribution >= 0.6 is 0 Å². The van der Waals surface area contributed by atoms with E-state index < -0.39 is 0 Å². The average Bonchev–Trinajstić information content (AvgIpc) is 3.08. The van der Waals surface area contributed by atoms with E-state index in [1.54, 1.807) is 0 Å². The van der Waals surface area contributed by atoms with Crippen LogP contribution in [-0.4, -0.2) is 35.6 Å². The van der Waals surface area contributed by atoms with Crippen molar-refractivity contribution in [2.45, 2.75) is 19.8 Å². The van der Waals surface area contributed by atoms with Crippen LogP contribution in [-0.2, 0) is 0 Å². The summed E-state index contributed by atoms with van der Waals surface area (Å²) in [4.78, 5) is 14.2. The fourth-order valence-corrected chi connectivity index (χ4v) is 1.74. The van der Waals surface area contributed by atoms with E-state index in [0.29, 0.717) is 17.8 Å². The van der Waals surface area contributed by atoms with Crippen molar-refractivity contribution in [3.8, 4) is 0 Å². The average molecular weight is 236 g/mol. The quantitative estimate of drug-likeness (QED) is 0.793. The standard InChI is InChI=1S/C11H20N6/c1-7(8-4-5-8)6-13-10-14-9(12)15-11(16-10)17(2)3/h7-8H,4-6H2,1-3H3,(H3,12,13,14,15,16). The SMILES string of the molecule is CC(CNc1nc(N)nc(N(C)C)n1)C1CC1. The molecule has 1 unspecified atom stereocenters. The van der Waals surface area contributed by atoms with Crippen molar-refractivity contribution in [2.75, 3.05) is 36.6 Å². The van der Waals surface area contributed by atoms with E-state index in [4.69, 9.17) is 5.73 Å². The Morgan fingerprint density at radius 3 is 2.65 bits per heavy atom. The Labute approximate surface area is 102 Å². The van der Waals surface area contributed by atoms with Crippen molar-refractivity contribution < 1.29 is 0 Å². The Balaban J connectivity index is 1.99. The second kappa shape index (κ2) is 4.73. The van der Waals surface area contributed by atoms with Crippen molar-refractivity contribution in [3.05, 3.63) is 0 Å². The lowest BCUT2D eigenvalue weighted by molar-refractivity contribution is 0.535. The minimum Gasteiger partial charge on any atom is -0.368 e. The summed E-state index contributed by atoms with van der Waals surface area (Å²) in [5.74, 6) is 2.93. The van der Waals surface area contributed by atoms with E-state index in [1.165, 1.54) is 12.8 Å². The molecule has 1 fully saturated rings. The molecule has 1 aliphatic rings. The lowest BCUT2D eigenvalue weighted by Gasteiger charge is -2.14. The van der Waals surface area contributed by atoms with Crippen LogP contribution in [0.2, 0.25) is 0 Å². The second-order valence-electron chi connectivity index (χ2n) is 4.91. The van der Waals surface area contributed by atoms with E-state index in [2.05, 4.69) is 27.2 Å². The van der Waals surface area contributed by atoms with Crippen LogP contribution in [0, 0.1) is 11.8 Å². The van der Waals surface area contributed by atoms with E-state index in [9.17, 15) is 0 Å². The molecule has 1 saturated carbocycles. The van der Waals surface area contributed by atoms with Crippen molar-refractivity contribution in [1.82, 2.24) is 15.0 Å². The van der Waals surface area contributed by atoms with Gasteiger partial charge in [0, 0.05) is 20.6 Å². The van der Waals surface area contributed by atoms with Gasteiger partial charge in [0.1, 0.15) is 0 Å². The summed E-state index contributed by atoms with van der Waals surface area (Å²) in [6, 6.07) is 0. The highest BCUT2D eigenvalue weighted by molar-refractivity contribution is 5.40. The molecule has 1 heterocycles. The van der Waals surface area contributed by atoms with Crippen molar-refractivity contribution >= 4 is 17.8 Å². The van der Waals surface area contributed by atoms with Gasteiger partial charge in [0.05, 0.1) is 0 Å². The summed E-state index contributed by atoms with van der Waals surface area (Å²) in [5, 5.41) is 3.23. The van der Waals surface area contributed by atoms with Crippen LogP contribution in [0.3, 0.4) is 0 Å². The van der Waals surface area contributed by atoms with Gasteiger partial charge in [0.15, 0.2) is 0 Å². The first kappa shape index (κ1) is 11.9. The Morgan fingerprint density at radius 2 is 2.06 bits per heavy atom. The third-order valence-electron chi connectivity index (χ3n) is 3.05. The molecule has 0 radical (unpaired) electrons. The molecule has 0 amide bonds. The largest absolute Gasteiger partial charge is 0.368 e. The smallest absolute Gasteiger partial charge is 0.231 e. The Kier molecular flexibility index (Phi) is 3.31. The molecule has 6 heteroatoms. The highest BCUT2D eigenvalue weighted by Gasteiger charge is 2.27. The molecular weight excluding hydrogens is 216 g/mol. The minimum absolute atomic E-state index is 0.255. The van der Waals surface area contributed by atoms with Crippen LogP contribution in [0.4, 0.5) is 17.8 Å². The Bertz CT molecular complexity index is 388. The van der Waals surface area contributed by atoms with E-state index in [0.717, 1.165) is 12.5 Å². The van der Waals surface area contributed by atoms with Gasteiger partial charge < -0.3 is 16.0 Å². The Hall–Kier alpha value is -1.59. The lowest BCUT2D eigenvalue weighted by Crippen LogP contribution is -2.19. The van der Waals surface area contributed by atoms with Gasteiger partial charge >= 0.3 is 0 Å². The summed E-state index contributed by atoms with van der Waals surface area (Å²) in [6.07, 6.45) is 2.70. The van der Waals surface area contributed by atoms with E-state index in [1.807, 2.05) is 19.0 Å². The van der Waals surface area contributed by atoms with Gasteiger partial charge in [-0.1, -0.05) is 6.92 Å². The van der Waals surface area contributed by atoms with Crippen LogP contribution in [0.15, 0.2) is 0 Å². The number of nitrogens with zero attached hydrogens (tertiary/aromatic N) is 4. The first-order valence-electron chi connectivity index (χ1n) is 5.99. The van der Waals surface area contributed by atoms with Crippen LogP contribution in [0.1, 0.15) is 19.8 Å². The van der Waals surface area contributed by atoms with Gasteiger partial charge in [-0.2, -0.15) is 15.0 Å². The van der Waals surface area contributed by atoms with Crippen LogP contribution in [0.5, 0.6) is 0 Å². The fourth-order valence-electron chi connectivity index (χ4n) is 1.74. The van der Waals surface area contributed by atoms with Crippen molar-refractivity contribution in [1.29, 1.82) is 0 Å². The first-order valence-corrected chi connectivity index (χ1v) is 5.99. The van der Waals surface area contributed by atoms with Gasteiger partial charge in [0.25, 0.3) is 0 Å². The third kappa shape index (κ3) is 3.18. The molecule has 94 valence electrons. The molecule has 6 nitrogen and oxygen atoms in total. The molecule has 0 spiro atoms. The van der Waals surface area contributed by atoms with Crippen LogP contribution < -0.4 is 16.0 Å². The van der Waals surface area contributed by atoms with Gasteiger partial charge in [-0.3, -0.25) is 0 Å². The number of nitrogen functional groups attached to an aromatic ring is 1. The maximum absolute atomic E-state index is 5.65. The number of nitrogens with one attached hydrogen (secondary N) is 1. The monoisotopic (exact) mass is 236 g/mol. The molecule has 3 N–H and O–H groups in total. The molecule has 1 aromatic rings. The zero-order valence-electron chi connectivity index (χ0n) is 10.6. The highest BCUT2D eigenvalue weighted by atomic mass is 15.3.